The molecule has 4 aromatic rings. The van der Waals surface area contributed by atoms with Gasteiger partial charge < -0.3 is 24.8 Å². The highest BCUT2D eigenvalue weighted by atomic mass is 19.4. The first-order valence-corrected chi connectivity index (χ1v) is 16.1. The van der Waals surface area contributed by atoms with Crippen molar-refractivity contribution in [2.75, 3.05) is 31.1 Å². The molecule has 2 atom stereocenters. The number of ether oxygens (including phenoxy) is 2. The third-order valence-corrected chi connectivity index (χ3v) is 9.16. The summed E-state index contributed by atoms with van der Waals surface area (Å²) in [6, 6.07) is 13.7. The number of carbonyl (C=O) groups is 2. The third kappa shape index (κ3) is 7.38. The van der Waals surface area contributed by atoms with Gasteiger partial charge in [0, 0.05) is 37.5 Å². The normalized spacial score (nSPS) is 18.0. The van der Waals surface area contributed by atoms with Crippen LogP contribution in [0.2, 0.25) is 0 Å². The Hall–Kier alpha value is -4.98. The Morgan fingerprint density at radius 2 is 1.76 bits per heavy atom. The number of esters is 1. The molecule has 2 aromatic carbocycles. The topological polar surface area (TPSA) is 132 Å². The second kappa shape index (κ2) is 13.5. The number of rotatable bonds is 9. The van der Waals surface area contributed by atoms with Crippen molar-refractivity contribution in [1.29, 1.82) is 0 Å². The quantitative estimate of drug-likeness (QED) is 0.208. The van der Waals surface area contributed by atoms with Crippen molar-refractivity contribution >= 4 is 17.8 Å². The van der Waals surface area contributed by atoms with Crippen LogP contribution < -0.4 is 15.0 Å². The van der Waals surface area contributed by atoms with E-state index in [0.717, 1.165) is 12.8 Å². The summed E-state index contributed by atoms with van der Waals surface area (Å²) >= 11 is 0. The average Bonchev–Trinajstić information content (AvgIpc) is 3.70. The van der Waals surface area contributed by atoms with E-state index >= 15 is 0 Å². The summed E-state index contributed by atoms with van der Waals surface area (Å²) in [6.45, 7) is 7.04. The SMILES string of the molecule is CCOC(=O)c1ccc(-c2ccc([C@@H](Oc3cc(N4CCC5(CC4)CN[C@H](C(=O)O)C5)nc(C)n3)C(F)(F)F)c(-n3ccc(C)n3)c2)cc1. The van der Waals surface area contributed by atoms with Crippen LogP contribution in [-0.4, -0.2) is 75.3 Å². The van der Waals surface area contributed by atoms with Crippen molar-refractivity contribution < 1.29 is 37.3 Å². The van der Waals surface area contributed by atoms with E-state index in [4.69, 9.17) is 9.47 Å². The standard InChI is InChI=1S/C35H37F3N6O5/c1-4-48-33(47)24-7-5-23(6-8-24)25-9-10-26(28(17-25)44-14-11-21(2)42-44)31(35(36,37)38)49-30-18-29(40-22(3)41-30)43-15-12-34(13-16-43)19-27(32(45)46)39-20-34/h5-11,14,17-18,27,31,39H,4,12-13,15-16,19-20H2,1-3H3,(H,45,46)/t27-,31+/m0/s1. The average molecular weight is 679 g/mol. The highest BCUT2D eigenvalue weighted by molar-refractivity contribution is 5.90. The summed E-state index contributed by atoms with van der Waals surface area (Å²) in [5.41, 5.74) is 2.13. The molecule has 4 heterocycles. The molecule has 0 unspecified atom stereocenters. The maximum atomic E-state index is 14.9. The molecule has 2 fully saturated rings. The van der Waals surface area contributed by atoms with Gasteiger partial charge in [-0.05, 0) is 80.8 Å². The molecule has 0 amide bonds. The number of aromatic nitrogens is 4. The van der Waals surface area contributed by atoms with E-state index < -0.39 is 30.3 Å². The lowest BCUT2D eigenvalue weighted by atomic mass is 9.76. The molecule has 2 saturated heterocycles. The fourth-order valence-electron chi connectivity index (χ4n) is 6.56. The van der Waals surface area contributed by atoms with E-state index in [1.165, 1.54) is 16.8 Å². The maximum Gasteiger partial charge on any atom is 0.429 e. The summed E-state index contributed by atoms with van der Waals surface area (Å²) in [6.07, 6.45) is -3.65. The molecule has 14 heteroatoms. The number of nitrogens with one attached hydrogen (secondary N) is 1. The molecule has 2 aliphatic heterocycles. The van der Waals surface area contributed by atoms with E-state index in [1.54, 1.807) is 69.4 Å². The Kier molecular flexibility index (Phi) is 9.34. The predicted molar refractivity (Wildman–Crippen MR) is 174 cm³/mol. The monoisotopic (exact) mass is 678 g/mol. The Bertz CT molecular complexity index is 1840. The lowest BCUT2D eigenvalue weighted by Crippen LogP contribution is -2.41. The number of nitrogens with zero attached hydrogens (tertiary/aromatic N) is 5. The Morgan fingerprint density at radius 3 is 2.37 bits per heavy atom. The molecule has 49 heavy (non-hydrogen) atoms. The summed E-state index contributed by atoms with van der Waals surface area (Å²) in [7, 11) is 0. The first-order valence-electron chi connectivity index (χ1n) is 16.1. The van der Waals surface area contributed by atoms with Crippen molar-refractivity contribution in [3.05, 3.63) is 83.4 Å². The summed E-state index contributed by atoms with van der Waals surface area (Å²) in [5.74, 6) is -0.846. The molecule has 0 saturated carbocycles. The number of aliphatic carboxylic acids is 1. The minimum atomic E-state index is -4.83. The molecule has 2 aromatic heterocycles. The van der Waals surface area contributed by atoms with Crippen LogP contribution in [0.3, 0.4) is 0 Å². The van der Waals surface area contributed by atoms with Crippen LogP contribution in [0.4, 0.5) is 19.0 Å². The van der Waals surface area contributed by atoms with E-state index in [1.807, 2.05) is 4.90 Å². The van der Waals surface area contributed by atoms with Gasteiger partial charge in [0.2, 0.25) is 12.0 Å². The van der Waals surface area contributed by atoms with Gasteiger partial charge in [0.25, 0.3) is 0 Å². The van der Waals surface area contributed by atoms with Crippen LogP contribution in [0.25, 0.3) is 16.8 Å². The van der Waals surface area contributed by atoms with Gasteiger partial charge in [-0.2, -0.15) is 23.3 Å². The molecule has 6 rings (SSSR count). The first-order chi connectivity index (χ1) is 23.3. The number of piperidine rings is 1. The molecule has 258 valence electrons. The van der Waals surface area contributed by atoms with Gasteiger partial charge in [-0.15, -0.1) is 0 Å². The van der Waals surface area contributed by atoms with Gasteiger partial charge in [-0.25, -0.2) is 14.5 Å². The number of carboxylic acid groups (broad SMARTS) is 1. The van der Waals surface area contributed by atoms with E-state index in [0.29, 0.717) is 54.3 Å². The zero-order valence-corrected chi connectivity index (χ0v) is 27.3. The number of hydrogen-bond donors (Lipinski definition) is 2. The van der Waals surface area contributed by atoms with Crippen molar-refractivity contribution in [3.8, 4) is 22.7 Å². The molecular formula is C35H37F3N6O5. The molecule has 0 aliphatic carbocycles. The van der Waals surface area contributed by atoms with Crippen LogP contribution in [-0.2, 0) is 9.53 Å². The minimum Gasteiger partial charge on any atom is -0.480 e. The second-order valence-corrected chi connectivity index (χ2v) is 12.6. The fraction of sp³-hybridized carbons (Fsp3) is 0.400. The molecule has 0 radical (unpaired) electrons. The minimum absolute atomic E-state index is 0.140. The highest BCUT2D eigenvalue weighted by Gasteiger charge is 2.46. The number of halogens is 3. The van der Waals surface area contributed by atoms with Gasteiger partial charge in [0.15, 0.2) is 0 Å². The van der Waals surface area contributed by atoms with Gasteiger partial charge in [0.05, 0.1) is 23.6 Å². The van der Waals surface area contributed by atoms with E-state index in [2.05, 4.69) is 20.4 Å². The Balaban J connectivity index is 1.29. The molecule has 1 spiro atoms. The van der Waals surface area contributed by atoms with Crippen LogP contribution in [0.1, 0.15) is 59.7 Å². The smallest absolute Gasteiger partial charge is 0.429 e. The number of carboxylic acids is 1. The largest absolute Gasteiger partial charge is 0.480 e. The molecule has 0 bridgehead atoms. The van der Waals surface area contributed by atoms with Gasteiger partial charge in [-0.1, -0.05) is 24.3 Å². The highest BCUT2D eigenvalue weighted by Crippen LogP contribution is 2.42. The van der Waals surface area contributed by atoms with Crippen LogP contribution in [0, 0.1) is 19.3 Å². The Labute approximate surface area is 281 Å². The Morgan fingerprint density at radius 1 is 1.04 bits per heavy atom. The van der Waals surface area contributed by atoms with Gasteiger partial charge in [0.1, 0.15) is 17.7 Å². The van der Waals surface area contributed by atoms with E-state index in [9.17, 15) is 27.9 Å². The van der Waals surface area contributed by atoms with Crippen molar-refractivity contribution in [1.82, 2.24) is 25.1 Å². The van der Waals surface area contributed by atoms with E-state index in [-0.39, 0.29) is 35.0 Å². The zero-order chi connectivity index (χ0) is 34.9. The van der Waals surface area contributed by atoms with Gasteiger partial charge >= 0.3 is 18.1 Å². The van der Waals surface area contributed by atoms with Crippen LogP contribution in [0.5, 0.6) is 5.88 Å². The zero-order valence-electron chi connectivity index (χ0n) is 27.3. The van der Waals surface area contributed by atoms with Crippen molar-refractivity contribution in [3.63, 3.8) is 0 Å². The third-order valence-electron chi connectivity index (χ3n) is 9.16. The number of hydrogen-bond acceptors (Lipinski definition) is 9. The number of aryl methyl sites for hydroxylation is 2. The first kappa shape index (κ1) is 33.9. The number of benzene rings is 2. The fourth-order valence-corrected chi connectivity index (χ4v) is 6.56. The number of carbonyl (C=O) groups excluding carboxylic acids is 1. The summed E-state index contributed by atoms with van der Waals surface area (Å²) in [4.78, 5) is 34.3. The second-order valence-electron chi connectivity index (χ2n) is 12.6. The van der Waals surface area contributed by atoms with Crippen molar-refractivity contribution in [2.45, 2.75) is 58.4 Å². The van der Waals surface area contributed by atoms with Crippen LogP contribution >= 0.6 is 0 Å². The lowest BCUT2D eigenvalue weighted by molar-refractivity contribution is -0.198. The van der Waals surface area contributed by atoms with Crippen molar-refractivity contribution in [2.24, 2.45) is 5.41 Å². The number of anilines is 1. The molecular weight excluding hydrogens is 641 g/mol. The van der Waals surface area contributed by atoms with Gasteiger partial charge in [-0.3, -0.25) is 4.79 Å². The lowest BCUT2D eigenvalue weighted by Gasteiger charge is -2.39. The molecule has 11 nitrogen and oxygen atoms in total. The number of alkyl halides is 3. The maximum absolute atomic E-state index is 14.9. The summed E-state index contributed by atoms with van der Waals surface area (Å²) < 4.78 is 56.9. The molecule has 2 N–H and O–H groups in total. The molecule has 2 aliphatic rings. The van der Waals surface area contributed by atoms with Crippen LogP contribution in [0.15, 0.2) is 60.8 Å². The predicted octanol–water partition coefficient (Wildman–Crippen LogP) is 5.84. The summed E-state index contributed by atoms with van der Waals surface area (Å²) in [5, 5.41) is 16.9.